The molecule has 3 rings (SSSR count). The molecule has 0 fully saturated rings. The van der Waals surface area contributed by atoms with Gasteiger partial charge in [0.1, 0.15) is 11.3 Å². The summed E-state index contributed by atoms with van der Waals surface area (Å²) < 4.78 is 5.27. The van der Waals surface area contributed by atoms with Gasteiger partial charge in [-0.1, -0.05) is 6.07 Å². The van der Waals surface area contributed by atoms with Crippen LogP contribution < -0.4 is 16.0 Å². The van der Waals surface area contributed by atoms with Crippen molar-refractivity contribution in [2.24, 2.45) is 0 Å². The standard InChI is InChI=1S/C26H33N7O4S/c1-26(2,3)37-25(36)31-22-17-38-16-21(22)30-23(34)20-9-8-18(13-28-20)15-33(12-11-32(4)5)24(35)29-19-7-6-10-27-14-19/h6-10,13-14,16-17H,11-12,15H2,1-5H3,(H,29,35)(H,30,34)(H,31,36). The maximum Gasteiger partial charge on any atom is 0.412 e. The first-order valence-electron chi connectivity index (χ1n) is 11.9. The van der Waals surface area contributed by atoms with Crippen molar-refractivity contribution in [1.82, 2.24) is 19.8 Å². The monoisotopic (exact) mass is 539 g/mol. The Morgan fingerprint density at radius 3 is 2.32 bits per heavy atom. The highest BCUT2D eigenvalue weighted by atomic mass is 32.1. The number of hydrogen-bond acceptors (Lipinski definition) is 8. The van der Waals surface area contributed by atoms with Crippen molar-refractivity contribution < 1.29 is 19.1 Å². The van der Waals surface area contributed by atoms with Gasteiger partial charge in [-0.3, -0.25) is 20.1 Å². The molecule has 3 aromatic rings. The average molecular weight is 540 g/mol. The van der Waals surface area contributed by atoms with E-state index in [2.05, 4.69) is 25.9 Å². The van der Waals surface area contributed by atoms with Crippen LogP contribution in [0.2, 0.25) is 0 Å². The second-order valence-electron chi connectivity index (χ2n) is 9.73. The highest BCUT2D eigenvalue weighted by molar-refractivity contribution is 7.09. The molecule has 11 nitrogen and oxygen atoms in total. The predicted octanol–water partition coefficient (Wildman–Crippen LogP) is 4.73. The first-order valence-corrected chi connectivity index (χ1v) is 12.9. The number of nitrogens with one attached hydrogen (secondary N) is 3. The van der Waals surface area contributed by atoms with Gasteiger partial charge in [0.25, 0.3) is 5.91 Å². The maximum atomic E-state index is 12.9. The number of nitrogens with zero attached hydrogens (tertiary/aromatic N) is 4. The lowest BCUT2D eigenvalue weighted by Gasteiger charge is -2.24. The summed E-state index contributed by atoms with van der Waals surface area (Å²) in [5, 5.41) is 11.7. The number of ether oxygens (including phenoxy) is 1. The number of rotatable bonds is 9. The van der Waals surface area contributed by atoms with Gasteiger partial charge in [-0.05, 0) is 58.6 Å². The van der Waals surface area contributed by atoms with Crippen LogP contribution in [0.1, 0.15) is 36.8 Å². The van der Waals surface area contributed by atoms with Crippen molar-refractivity contribution in [2.45, 2.75) is 32.9 Å². The van der Waals surface area contributed by atoms with Crippen molar-refractivity contribution in [2.75, 3.05) is 43.1 Å². The van der Waals surface area contributed by atoms with Crippen molar-refractivity contribution in [3.8, 4) is 0 Å². The van der Waals surface area contributed by atoms with E-state index in [4.69, 9.17) is 4.74 Å². The van der Waals surface area contributed by atoms with Gasteiger partial charge in [-0.15, -0.1) is 11.3 Å². The summed E-state index contributed by atoms with van der Waals surface area (Å²) in [6.07, 6.45) is 4.18. The minimum absolute atomic E-state index is 0.197. The second-order valence-corrected chi connectivity index (χ2v) is 10.5. The van der Waals surface area contributed by atoms with Crippen molar-refractivity contribution >= 4 is 46.4 Å². The third-order valence-corrected chi connectivity index (χ3v) is 5.74. The molecule has 38 heavy (non-hydrogen) atoms. The van der Waals surface area contributed by atoms with Crippen molar-refractivity contribution in [3.05, 3.63) is 64.9 Å². The van der Waals surface area contributed by atoms with E-state index in [1.54, 1.807) is 79.3 Å². The summed E-state index contributed by atoms with van der Waals surface area (Å²) in [5.41, 5.74) is 1.80. The molecule has 0 unspecified atom stereocenters. The van der Waals surface area contributed by atoms with Gasteiger partial charge in [0.2, 0.25) is 0 Å². The number of urea groups is 1. The summed E-state index contributed by atoms with van der Waals surface area (Å²) >= 11 is 1.33. The zero-order chi connectivity index (χ0) is 27.7. The maximum absolute atomic E-state index is 12.9. The average Bonchev–Trinajstić information content (AvgIpc) is 3.27. The van der Waals surface area contributed by atoms with Crippen LogP contribution in [0.4, 0.5) is 26.7 Å². The third-order valence-electron chi connectivity index (χ3n) is 4.99. The zero-order valence-corrected chi connectivity index (χ0v) is 23.0. The van der Waals surface area contributed by atoms with E-state index in [9.17, 15) is 14.4 Å². The van der Waals surface area contributed by atoms with Crippen LogP contribution in [-0.2, 0) is 11.3 Å². The van der Waals surface area contributed by atoms with Crippen molar-refractivity contribution in [1.29, 1.82) is 0 Å². The molecule has 0 aliphatic carbocycles. The van der Waals surface area contributed by atoms with E-state index in [0.717, 1.165) is 5.56 Å². The molecule has 0 aliphatic rings. The topological polar surface area (TPSA) is 129 Å². The molecule has 0 saturated heterocycles. The molecule has 202 valence electrons. The number of carbonyl (C=O) groups is 3. The third kappa shape index (κ3) is 9.12. The Morgan fingerprint density at radius 1 is 0.974 bits per heavy atom. The minimum Gasteiger partial charge on any atom is -0.444 e. The fourth-order valence-corrected chi connectivity index (χ4v) is 3.89. The molecule has 0 aromatic carbocycles. The Balaban J connectivity index is 1.63. The van der Waals surface area contributed by atoms with Crippen LogP contribution in [0.25, 0.3) is 0 Å². The summed E-state index contributed by atoms with van der Waals surface area (Å²) in [7, 11) is 3.88. The van der Waals surface area contributed by atoms with Crippen LogP contribution in [-0.4, -0.2) is 70.6 Å². The van der Waals surface area contributed by atoms with Crippen molar-refractivity contribution in [3.63, 3.8) is 0 Å². The van der Waals surface area contributed by atoms with E-state index in [1.165, 1.54) is 11.3 Å². The molecule has 3 aromatic heterocycles. The molecule has 12 heteroatoms. The normalized spacial score (nSPS) is 11.1. The van der Waals surface area contributed by atoms with Crippen LogP contribution in [0.15, 0.2) is 53.6 Å². The van der Waals surface area contributed by atoms with E-state index in [0.29, 0.717) is 36.7 Å². The van der Waals surface area contributed by atoms with Gasteiger partial charge in [0.05, 0.1) is 23.3 Å². The van der Waals surface area contributed by atoms with E-state index in [-0.39, 0.29) is 11.7 Å². The van der Waals surface area contributed by atoms with Gasteiger partial charge in [-0.25, -0.2) is 9.59 Å². The number of anilines is 3. The summed E-state index contributed by atoms with van der Waals surface area (Å²) in [4.78, 5) is 49.8. The predicted molar refractivity (Wildman–Crippen MR) is 149 cm³/mol. The first kappa shape index (κ1) is 28.5. The zero-order valence-electron chi connectivity index (χ0n) is 22.1. The number of hydrogen-bond donors (Lipinski definition) is 3. The van der Waals surface area contributed by atoms with Crippen LogP contribution in [0.5, 0.6) is 0 Å². The quantitative estimate of drug-likeness (QED) is 0.358. The summed E-state index contributed by atoms with van der Waals surface area (Å²) in [6.45, 7) is 6.79. The number of aromatic nitrogens is 2. The Labute approximate surface area is 226 Å². The molecule has 0 atom stereocenters. The minimum atomic E-state index is -0.642. The number of thiophene rings is 1. The fourth-order valence-electron chi connectivity index (χ4n) is 3.18. The molecule has 0 aliphatic heterocycles. The molecule has 0 saturated carbocycles. The lowest BCUT2D eigenvalue weighted by atomic mass is 10.2. The molecule has 3 heterocycles. The molecular formula is C26H33N7O4S. The number of pyridine rings is 2. The highest BCUT2D eigenvalue weighted by Crippen LogP contribution is 2.27. The van der Waals surface area contributed by atoms with Gasteiger partial charge in [0.15, 0.2) is 0 Å². The van der Waals surface area contributed by atoms with Crippen LogP contribution in [0.3, 0.4) is 0 Å². The first-order chi connectivity index (χ1) is 18.0. The van der Waals surface area contributed by atoms with Gasteiger partial charge < -0.3 is 25.2 Å². The van der Waals surface area contributed by atoms with E-state index in [1.807, 2.05) is 19.0 Å². The molecule has 0 spiro atoms. The highest BCUT2D eigenvalue weighted by Gasteiger charge is 2.19. The Kier molecular flexibility index (Phi) is 9.74. The van der Waals surface area contributed by atoms with Crippen LogP contribution in [0, 0.1) is 0 Å². The molecular weight excluding hydrogens is 506 g/mol. The fraction of sp³-hybridized carbons (Fsp3) is 0.346. The van der Waals surface area contributed by atoms with Gasteiger partial charge in [0, 0.05) is 42.8 Å². The lowest BCUT2D eigenvalue weighted by Crippen LogP contribution is -2.39. The summed E-state index contributed by atoms with van der Waals surface area (Å²) in [5.74, 6) is -0.430. The molecule has 0 radical (unpaired) electrons. The number of amides is 4. The Bertz CT molecular complexity index is 1220. The van der Waals surface area contributed by atoms with Gasteiger partial charge >= 0.3 is 12.1 Å². The number of carbonyl (C=O) groups excluding carboxylic acids is 3. The SMILES string of the molecule is CN(C)CCN(Cc1ccc(C(=O)Nc2cscc2NC(=O)OC(C)(C)C)nc1)C(=O)Nc1cccnc1. The molecule has 4 amide bonds. The smallest absolute Gasteiger partial charge is 0.412 e. The van der Waals surface area contributed by atoms with Gasteiger partial charge in [-0.2, -0.15) is 0 Å². The molecule has 0 bridgehead atoms. The molecule has 3 N–H and O–H groups in total. The van der Waals surface area contributed by atoms with E-state index >= 15 is 0 Å². The number of likely N-dealkylation sites (N-methyl/N-ethyl adjacent to an activating group) is 1. The summed E-state index contributed by atoms with van der Waals surface area (Å²) in [6, 6.07) is 6.62. The largest absolute Gasteiger partial charge is 0.444 e. The second kappa shape index (κ2) is 13.0. The Morgan fingerprint density at radius 2 is 1.71 bits per heavy atom. The van der Waals surface area contributed by atoms with Crippen LogP contribution >= 0.6 is 11.3 Å². The van der Waals surface area contributed by atoms with E-state index < -0.39 is 17.6 Å². The lowest BCUT2D eigenvalue weighted by molar-refractivity contribution is 0.0635. The Hall–Kier alpha value is -4.03.